The number of para-hydroxylation sites is 2. The van der Waals surface area contributed by atoms with Gasteiger partial charge in [0.25, 0.3) is 5.91 Å². The minimum atomic E-state index is -0.177. The number of carbonyl (C=O) groups is 2. The summed E-state index contributed by atoms with van der Waals surface area (Å²) in [6, 6.07) is 22.3. The van der Waals surface area contributed by atoms with Crippen LogP contribution in [-0.2, 0) is 11.3 Å². The van der Waals surface area contributed by atoms with E-state index in [9.17, 15) is 9.59 Å². The van der Waals surface area contributed by atoms with E-state index in [2.05, 4.69) is 5.32 Å². The van der Waals surface area contributed by atoms with Crippen LogP contribution >= 0.6 is 23.4 Å². The molecule has 2 amide bonds. The first-order valence-corrected chi connectivity index (χ1v) is 12.3. The summed E-state index contributed by atoms with van der Waals surface area (Å²) in [7, 11) is 1.59. The number of benzene rings is 3. The lowest BCUT2D eigenvalue weighted by Gasteiger charge is -2.24. The molecule has 176 valence electrons. The molecular weight excluding hydrogens is 472 g/mol. The number of nitrogens with zero attached hydrogens (tertiary/aromatic N) is 1. The molecule has 0 spiro atoms. The first-order chi connectivity index (χ1) is 16.5. The number of methoxy groups -OCH3 is 1. The SMILES string of the molecule is COc1ccccc1OCCNC(=O)c1ccc([C@@H]2SCC(=O)N2Cc2ccc(Cl)cc2)cc1. The average Bonchev–Trinajstić information content (AvgIpc) is 3.23. The Balaban J connectivity index is 1.32. The van der Waals surface area contributed by atoms with E-state index in [0.29, 0.717) is 47.5 Å². The molecule has 1 atom stereocenters. The van der Waals surface area contributed by atoms with Gasteiger partial charge in [0.1, 0.15) is 12.0 Å². The Morgan fingerprint density at radius 2 is 1.76 bits per heavy atom. The first kappa shape index (κ1) is 24.0. The number of thioether (sulfide) groups is 1. The van der Waals surface area contributed by atoms with E-state index in [4.69, 9.17) is 21.1 Å². The van der Waals surface area contributed by atoms with Crippen LogP contribution < -0.4 is 14.8 Å². The number of hydrogen-bond acceptors (Lipinski definition) is 5. The number of carbonyl (C=O) groups excluding carboxylic acids is 2. The standard InChI is InChI=1S/C26H25ClN2O4S/c1-32-22-4-2-3-5-23(22)33-15-14-28-25(31)19-8-10-20(11-9-19)26-29(24(30)17-34-26)16-18-6-12-21(27)13-7-18/h2-13,26H,14-17H2,1H3,(H,28,31)/t26-/m0/s1. The van der Waals surface area contributed by atoms with E-state index < -0.39 is 0 Å². The minimum Gasteiger partial charge on any atom is -0.493 e. The van der Waals surface area contributed by atoms with Crippen molar-refractivity contribution >= 4 is 35.2 Å². The van der Waals surface area contributed by atoms with Crippen molar-refractivity contribution in [2.24, 2.45) is 0 Å². The number of halogens is 1. The molecule has 4 rings (SSSR count). The van der Waals surface area contributed by atoms with Crippen molar-refractivity contribution in [3.63, 3.8) is 0 Å². The van der Waals surface area contributed by atoms with Crippen molar-refractivity contribution < 1.29 is 19.1 Å². The summed E-state index contributed by atoms with van der Waals surface area (Å²) in [4.78, 5) is 26.9. The predicted octanol–water partition coefficient (Wildman–Crippen LogP) is 4.93. The van der Waals surface area contributed by atoms with Crippen LogP contribution in [-0.4, -0.2) is 42.7 Å². The highest BCUT2D eigenvalue weighted by atomic mass is 35.5. The van der Waals surface area contributed by atoms with E-state index in [-0.39, 0.29) is 17.2 Å². The molecule has 0 saturated carbocycles. The Labute approximate surface area is 208 Å². The van der Waals surface area contributed by atoms with Gasteiger partial charge in [0.2, 0.25) is 5.91 Å². The molecule has 0 aliphatic carbocycles. The van der Waals surface area contributed by atoms with Crippen LogP contribution in [0.1, 0.15) is 26.9 Å². The summed E-state index contributed by atoms with van der Waals surface area (Å²) in [5, 5.41) is 3.44. The molecule has 1 aliphatic heterocycles. The summed E-state index contributed by atoms with van der Waals surface area (Å²) in [5.41, 5.74) is 2.57. The van der Waals surface area contributed by atoms with E-state index in [1.165, 1.54) is 0 Å². The lowest BCUT2D eigenvalue weighted by Crippen LogP contribution is -2.28. The van der Waals surface area contributed by atoms with Crippen molar-refractivity contribution in [1.82, 2.24) is 10.2 Å². The Bertz CT molecular complexity index is 1140. The fourth-order valence-corrected chi connectivity index (χ4v) is 4.97. The van der Waals surface area contributed by atoms with Gasteiger partial charge in [-0.05, 0) is 47.5 Å². The van der Waals surface area contributed by atoms with Gasteiger partial charge in [-0.3, -0.25) is 9.59 Å². The van der Waals surface area contributed by atoms with Crippen LogP contribution in [0.15, 0.2) is 72.8 Å². The summed E-state index contributed by atoms with van der Waals surface area (Å²) < 4.78 is 10.9. The zero-order chi connectivity index (χ0) is 23.9. The number of rotatable bonds is 9. The molecule has 3 aromatic carbocycles. The first-order valence-electron chi connectivity index (χ1n) is 10.8. The quantitative estimate of drug-likeness (QED) is 0.425. The van der Waals surface area contributed by atoms with Gasteiger partial charge in [-0.25, -0.2) is 0 Å². The molecule has 1 heterocycles. The predicted molar refractivity (Wildman–Crippen MR) is 134 cm³/mol. The van der Waals surface area contributed by atoms with Gasteiger partial charge in [0.15, 0.2) is 11.5 Å². The van der Waals surface area contributed by atoms with Gasteiger partial charge in [0, 0.05) is 17.1 Å². The normalized spacial score (nSPS) is 15.3. The lowest BCUT2D eigenvalue weighted by molar-refractivity contribution is -0.128. The Morgan fingerprint density at radius 3 is 2.47 bits per heavy atom. The summed E-state index contributed by atoms with van der Waals surface area (Å²) in [6.45, 7) is 1.20. The maximum absolute atomic E-state index is 12.5. The Morgan fingerprint density at radius 1 is 1.06 bits per heavy atom. The van der Waals surface area contributed by atoms with E-state index in [1.807, 2.05) is 65.6 Å². The van der Waals surface area contributed by atoms with Gasteiger partial charge >= 0.3 is 0 Å². The summed E-state index contributed by atoms with van der Waals surface area (Å²) in [5.74, 6) is 1.64. The largest absolute Gasteiger partial charge is 0.493 e. The molecule has 1 aliphatic rings. The van der Waals surface area contributed by atoms with Crippen LogP contribution in [0.4, 0.5) is 0 Å². The molecule has 0 bridgehead atoms. The molecular formula is C26H25ClN2O4S. The number of nitrogens with one attached hydrogen (secondary N) is 1. The zero-order valence-electron chi connectivity index (χ0n) is 18.7. The van der Waals surface area contributed by atoms with Crippen LogP contribution in [0.3, 0.4) is 0 Å². The van der Waals surface area contributed by atoms with Gasteiger partial charge < -0.3 is 19.7 Å². The molecule has 1 saturated heterocycles. The van der Waals surface area contributed by atoms with E-state index in [0.717, 1.165) is 11.1 Å². The van der Waals surface area contributed by atoms with Gasteiger partial charge in [-0.1, -0.05) is 48.0 Å². The second-order valence-electron chi connectivity index (χ2n) is 7.69. The molecule has 8 heteroatoms. The monoisotopic (exact) mass is 496 g/mol. The topological polar surface area (TPSA) is 67.9 Å². The number of hydrogen-bond donors (Lipinski definition) is 1. The number of ether oxygens (including phenoxy) is 2. The molecule has 1 N–H and O–H groups in total. The number of amides is 2. The molecule has 1 fully saturated rings. The van der Waals surface area contributed by atoms with Crippen LogP contribution in [0, 0.1) is 0 Å². The molecule has 6 nitrogen and oxygen atoms in total. The highest BCUT2D eigenvalue weighted by Gasteiger charge is 2.32. The molecule has 0 unspecified atom stereocenters. The average molecular weight is 497 g/mol. The Kier molecular flexibility index (Phi) is 7.98. The fourth-order valence-electron chi connectivity index (χ4n) is 3.65. The highest BCUT2D eigenvalue weighted by molar-refractivity contribution is 8.00. The third kappa shape index (κ3) is 5.85. The van der Waals surface area contributed by atoms with Crippen molar-refractivity contribution in [2.45, 2.75) is 11.9 Å². The van der Waals surface area contributed by atoms with Gasteiger partial charge in [0.05, 0.1) is 19.4 Å². The van der Waals surface area contributed by atoms with Crippen LogP contribution in [0.5, 0.6) is 11.5 Å². The molecule has 34 heavy (non-hydrogen) atoms. The maximum atomic E-state index is 12.5. The molecule has 0 radical (unpaired) electrons. The van der Waals surface area contributed by atoms with E-state index in [1.54, 1.807) is 31.0 Å². The minimum absolute atomic E-state index is 0.0884. The van der Waals surface area contributed by atoms with E-state index >= 15 is 0 Å². The summed E-state index contributed by atoms with van der Waals surface area (Å²) >= 11 is 7.56. The van der Waals surface area contributed by atoms with Crippen LogP contribution in [0.2, 0.25) is 5.02 Å². The highest BCUT2D eigenvalue weighted by Crippen LogP contribution is 2.39. The smallest absolute Gasteiger partial charge is 0.251 e. The summed E-state index contributed by atoms with van der Waals surface area (Å²) in [6.07, 6.45) is 0. The van der Waals surface area contributed by atoms with Crippen molar-refractivity contribution in [1.29, 1.82) is 0 Å². The van der Waals surface area contributed by atoms with Crippen molar-refractivity contribution in [3.05, 3.63) is 94.5 Å². The molecule has 3 aromatic rings. The lowest BCUT2D eigenvalue weighted by atomic mass is 10.1. The van der Waals surface area contributed by atoms with Gasteiger partial charge in [-0.2, -0.15) is 0 Å². The second-order valence-corrected chi connectivity index (χ2v) is 9.19. The zero-order valence-corrected chi connectivity index (χ0v) is 20.3. The van der Waals surface area contributed by atoms with Crippen molar-refractivity contribution in [2.75, 3.05) is 26.0 Å². The second kappa shape index (κ2) is 11.3. The van der Waals surface area contributed by atoms with Gasteiger partial charge in [-0.15, -0.1) is 11.8 Å². The van der Waals surface area contributed by atoms with Crippen LogP contribution in [0.25, 0.3) is 0 Å². The third-order valence-corrected chi connectivity index (χ3v) is 6.91. The molecule has 0 aromatic heterocycles. The maximum Gasteiger partial charge on any atom is 0.251 e. The Hall–Kier alpha value is -3.16. The van der Waals surface area contributed by atoms with Crippen molar-refractivity contribution in [3.8, 4) is 11.5 Å². The third-order valence-electron chi connectivity index (χ3n) is 5.41. The fraction of sp³-hybridized carbons (Fsp3) is 0.231.